The molecular formula is C25H42N2O4S. The molecule has 0 aliphatic carbocycles. The number of thioether (sulfide) groups is 1. The maximum absolute atomic E-state index is 12.4. The van der Waals surface area contributed by atoms with Crippen LogP contribution in [0, 0.1) is 5.92 Å². The van der Waals surface area contributed by atoms with Crippen LogP contribution in [0.25, 0.3) is 0 Å². The van der Waals surface area contributed by atoms with Crippen molar-refractivity contribution in [2.75, 3.05) is 11.5 Å². The third-order valence-corrected chi connectivity index (χ3v) is 5.85. The van der Waals surface area contributed by atoms with Gasteiger partial charge in [0.25, 0.3) is 0 Å². The van der Waals surface area contributed by atoms with E-state index in [9.17, 15) is 19.5 Å². The summed E-state index contributed by atoms with van der Waals surface area (Å²) in [6.07, 6.45) is 10.8. The zero-order chi connectivity index (χ0) is 24.7. The fourth-order valence-electron chi connectivity index (χ4n) is 2.92. The number of allylic oxidation sites excluding steroid dienone is 5. The molecule has 0 aromatic rings. The van der Waals surface area contributed by atoms with Crippen molar-refractivity contribution in [2.45, 2.75) is 86.2 Å². The van der Waals surface area contributed by atoms with E-state index >= 15 is 0 Å². The van der Waals surface area contributed by atoms with Gasteiger partial charge in [-0.05, 0) is 59.3 Å². The molecule has 0 spiro atoms. The van der Waals surface area contributed by atoms with Gasteiger partial charge >= 0.3 is 5.97 Å². The first-order valence-corrected chi connectivity index (χ1v) is 12.4. The van der Waals surface area contributed by atoms with Gasteiger partial charge in [0.05, 0.1) is 0 Å². The number of carboxylic acids is 1. The van der Waals surface area contributed by atoms with Crippen molar-refractivity contribution in [3.63, 3.8) is 0 Å². The summed E-state index contributed by atoms with van der Waals surface area (Å²) in [6, 6.07) is -1.75. The predicted molar refractivity (Wildman–Crippen MR) is 135 cm³/mol. The van der Waals surface area contributed by atoms with Crippen LogP contribution in [-0.4, -0.2) is 46.5 Å². The Balaban J connectivity index is 4.50. The van der Waals surface area contributed by atoms with Crippen molar-refractivity contribution in [2.24, 2.45) is 5.92 Å². The second-order valence-electron chi connectivity index (χ2n) is 8.82. The lowest BCUT2D eigenvalue weighted by Gasteiger charge is -2.23. The molecule has 2 atom stereocenters. The minimum Gasteiger partial charge on any atom is -0.480 e. The lowest BCUT2D eigenvalue weighted by molar-refractivity contribution is -0.141. The predicted octanol–water partition coefficient (Wildman–Crippen LogP) is 4.87. The van der Waals surface area contributed by atoms with E-state index in [-0.39, 0.29) is 17.6 Å². The molecule has 0 aromatic heterocycles. The molecule has 0 bridgehead atoms. The average molecular weight is 467 g/mol. The molecule has 0 aliphatic heterocycles. The number of nitrogens with one attached hydrogen (secondary N) is 2. The minimum atomic E-state index is -1.08. The van der Waals surface area contributed by atoms with E-state index in [2.05, 4.69) is 56.6 Å². The third-order valence-electron chi connectivity index (χ3n) is 4.88. The zero-order valence-corrected chi connectivity index (χ0v) is 21.6. The molecule has 0 saturated carbocycles. The van der Waals surface area contributed by atoms with Gasteiger partial charge in [-0.15, -0.1) is 0 Å². The first-order chi connectivity index (χ1) is 14.9. The number of hydrogen-bond acceptors (Lipinski definition) is 4. The number of carbonyl (C=O) groups excluding carboxylic acids is 2. The highest BCUT2D eigenvalue weighted by molar-refractivity contribution is 7.99. The summed E-state index contributed by atoms with van der Waals surface area (Å²) in [5, 5.41) is 14.6. The van der Waals surface area contributed by atoms with Crippen molar-refractivity contribution in [3.05, 3.63) is 34.9 Å². The van der Waals surface area contributed by atoms with Crippen LogP contribution in [0.1, 0.15) is 74.1 Å². The summed E-state index contributed by atoms with van der Waals surface area (Å²) in [5.41, 5.74) is 4.03. The molecule has 6 nitrogen and oxygen atoms in total. The first-order valence-electron chi connectivity index (χ1n) is 11.3. The second kappa shape index (κ2) is 16.6. The van der Waals surface area contributed by atoms with E-state index in [1.54, 1.807) is 13.8 Å². The average Bonchev–Trinajstić information content (AvgIpc) is 2.67. The van der Waals surface area contributed by atoms with Gasteiger partial charge in [0, 0.05) is 18.4 Å². The Labute approximate surface area is 198 Å². The van der Waals surface area contributed by atoms with Crippen molar-refractivity contribution in [1.82, 2.24) is 10.6 Å². The van der Waals surface area contributed by atoms with Crippen LogP contribution in [0.4, 0.5) is 0 Å². The van der Waals surface area contributed by atoms with Crippen LogP contribution in [-0.2, 0) is 14.4 Å². The molecule has 7 heteroatoms. The lowest BCUT2D eigenvalue weighted by atomic mass is 10.0. The Kier molecular flexibility index (Phi) is 15.5. The molecule has 0 fully saturated rings. The van der Waals surface area contributed by atoms with Gasteiger partial charge in [-0.3, -0.25) is 9.59 Å². The number of aliphatic carboxylic acids is 1. The Morgan fingerprint density at radius 3 is 1.94 bits per heavy atom. The fraction of sp³-hybridized carbons (Fsp3) is 0.640. The summed E-state index contributed by atoms with van der Waals surface area (Å²) in [4.78, 5) is 35.3. The molecular weight excluding hydrogens is 424 g/mol. The van der Waals surface area contributed by atoms with E-state index in [1.165, 1.54) is 35.4 Å². The monoisotopic (exact) mass is 466 g/mol. The standard InChI is InChI=1S/C25H42N2O4S/c1-17(2)10-8-11-19(5)12-9-13-20(6)14-15-32-16-22(25(30)31)27-24(29)23(18(3)4)26-21(7)28/h10,12,14,18,22-23H,8-9,11,13,15-16H2,1-7H3,(H,26,28)(H,27,29)(H,30,31)/t22-,23+/m0/s1. The fourth-order valence-corrected chi connectivity index (χ4v) is 3.92. The van der Waals surface area contributed by atoms with Crippen LogP contribution in [0.2, 0.25) is 0 Å². The number of hydrogen-bond donors (Lipinski definition) is 3. The Morgan fingerprint density at radius 2 is 1.44 bits per heavy atom. The first kappa shape index (κ1) is 30.0. The van der Waals surface area contributed by atoms with E-state index < -0.39 is 24.0 Å². The van der Waals surface area contributed by atoms with Gasteiger partial charge < -0.3 is 15.7 Å². The van der Waals surface area contributed by atoms with Crippen molar-refractivity contribution in [3.8, 4) is 0 Å². The molecule has 0 aliphatic rings. The molecule has 0 unspecified atom stereocenters. The lowest BCUT2D eigenvalue weighted by Crippen LogP contribution is -2.54. The number of amides is 2. The third kappa shape index (κ3) is 14.9. The molecule has 0 radical (unpaired) electrons. The van der Waals surface area contributed by atoms with Crippen LogP contribution >= 0.6 is 11.8 Å². The van der Waals surface area contributed by atoms with E-state index in [4.69, 9.17) is 0 Å². The quantitative estimate of drug-likeness (QED) is 0.236. The number of rotatable bonds is 15. The van der Waals surface area contributed by atoms with Crippen LogP contribution in [0.3, 0.4) is 0 Å². The molecule has 2 amide bonds. The summed E-state index contributed by atoms with van der Waals surface area (Å²) in [7, 11) is 0. The molecule has 32 heavy (non-hydrogen) atoms. The largest absolute Gasteiger partial charge is 0.480 e. The van der Waals surface area contributed by atoms with E-state index in [0.717, 1.165) is 25.7 Å². The Morgan fingerprint density at radius 1 is 0.875 bits per heavy atom. The highest BCUT2D eigenvalue weighted by Gasteiger charge is 2.27. The molecule has 0 heterocycles. The van der Waals surface area contributed by atoms with Gasteiger partial charge in [-0.1, -0.05) is 48.8 Å². The summed E-state index contributed by atoms with van der Waals surface area (Å²) >= 11 is 1.47. The van der Waals surface area contributed by atoms with Crippen LogP contribution in [0.5, 0.6) is 0 Å². The van der Waals surface area contributed by atoms with Gasteiger partial charge in [0.1, 0.15) is 12.1 Å². The zero-order valence-electron chi connectivity index (χ0n) is 20.8. The molecule has 0 aromatic carbocycles. The summed E-state index contributed by atoms with van der Waals surface area (Å²) < 4.78 is 0. The van der Waals surface area contributed by atoms with Crippen LogP contribution in [0.15, 0.2) is 34.9 Å². The Bertz CT molecular complexity index is 707. The highest BCUT2D eigenvalue weighted by Crippen LogP contribution is 2.13. The highest BCUT2D eigenvalue weighted by atomic mass is 32.2. The van der Waals surface area contributed by atoms with E-state index in [1.807, 2.05) is 0 Å². The molecule has 0 saturated heterocycles. The normalized spacial score (nSPS) is 14.0. The van der Waals surface area contributed by atoms with Gasteiger partial charge in [-0.2, -0.15) is 11.8 Å². The van der Waals surface area contributed by atoms with Gasteiger partial charge in [-0.25, -0.2) is 4.79 Å². The smallest absolute Gasteiger partial charge is 0.327 e. The SMILES string of the molecule is CC(=O)N[C@@H](C(=O)N[C@@H](CSCC=C(C)CCC=C(C)CCC=C(C)C)C(=O)O)C(C)C. The minimum absolute atomic E-state index is 0.142. The van der Waals surface area contributed by atoms with E-state index in [0.29, 0.717) is 5.75 Å². The summed E-state index contributed by atoms with van der Waals surface area (Å²) in [5.74, 6) is -1.06. The molecule has 0 rings (SSSR count). The molecule has 182 valence electrons. The van der Waals surface area contributed by atoms with Crippen molar-refractivity contribution < 1.29 is 19.5 Å². The van der Waals surface area contributed by atoms with Gasteiger partial charge in [0.2, 0.25) is 11.8 Å². The van der Waals surface area contributed by atoms with Crippen LogP contribution < -0.4 is 10.6 Å². The summed E-state index contributed by atoms with van der Waals surface area (Å²) in [6.45, 7) is 13.4. The maximum atomic E-state index is 12.4. The maximum Gasteiger partial charge on any atom is 0.327 e. The number of carboxylic acid groups (broad SMARTS) is 1. The Hall–Kier alpha value is -2.02. The van der Waals surface area contributed by atoms with Gasteiger partial charge in [0.15, 0.2) is 0 Å². The number of carbonyl (C=O) groups is 3. The van der Waals surface area contributed by atoms with Crippen molar-refractivity contribution >= 4 is 29.5 Å². The topological polar surface area (TPSA) is 95.5 Å². The second-order valence-corrected chi connectivity index (χ2v) is 9.89. The van der Waals surface area contributed by atoms with Crippen molar-refractivity contribution in [1.29, 1.82) is 0 Å². The molecule has 3 N–H and O–H groups in total.